The molecule has 3 nitrogen and oxygen atoms in total. The van der Waals surface area contributed by atoms with Crippen LogP contribution in [0.1, 0.15) is 37.0 Å². The molecule has 0 spiro atoms. The fourth-order valence-corrected chi connectivity index (χ4v) is 1.91. The van der Waals surface area contributed by atoms with Gasteiger partial charge in [0.25, 0.3) is 0 Å². The molecule has 0 fully saturated rings. The SMILES string of the molecule is CCCC(C(=O)O)C(O)c1cc(F)cc(C(F)(F)F)c1. The Balaban J connectivity index is 3.18. The molecule has 0 aliphatic carbocycles. The lowest BCUT2D eigenvalue weighted by atomic mass is 9.91. The van der Waals surface area contributed by atoms with E-state index in [1.54, 1.807) is 6.92 Å². The largest absolute Gasteiger partial charge is 0.481 e. The summed E-state index contributed by atoms with van der Waals surface area (Å²) in [6.07, 6.45) is -5.95. The number of benzene rings is 1. The summed E-state index contributed by atoms with van der Waals surface area (Å²) in [6.45, 7) is 1.68. The minimum atomic E-state index is -4.76. The molecule has 0 amide bonds. The average Bonchev–Trinajstić information content (AvgIpc) is 2.33. The summed E-state index contributed by atoms with van der Waals surface area (Å²) in [5.41, 5.74) is -1.65. The molecule has 112 valence electrons. The van der Waals surface area contributed by atoms with Crippen LogP contribution in [0.2, 0.25) is 0 Å². The fraction of sp³-hybridized carbons (Fsp3) is 0.462. The van der Waals surface area contributed by atoms with Gasteiger partial charge in [-0.1, -0.05) is 13.3 Å². The minimum absolute atomic E-state index is 0.0777. The van der Waals surface area contributed by atoms with Crippen LogP contribution in [-0.2, 0) is 11.0 Å². The van der Waals surface area contributed by atoms with Gasteiger partial charge in [-0.05, 0) is 30.2 Å². The van der Waals surface area contributed by atoms with Crippen molar-refractivity contribution in [2.24, 2.45) is 5.92 Å². The third kappa shape index (κ3) is 3.93. The summed E-state index contributed by atoms with van der Waals surface area (Å²) in [5, 5.41) is 18.8. The normalized spacial score (nSPS) is 14.9. The molecule has 0 saturated heterocycles. The van der Waals surface area contributed by atoms with Crippen molar-refractivity contribution in [1.82, 2.24) is 0 Å². The number of carboxylic acids is 1. The van der Waals surface area contributed by atoms with Gasteiger partial charge in [0.1, 0.15) is 5.82 Å². The smallest absolute Gasteiger partial charge is 0.416 e. The van der Waals surface area contributed by atoms with E-state index < -0.39 is 41.1 Å². The first-order valence-electron chi connectivity index (χ1n) is 5.95. The lowest BCUT2D eigenvalue weighted by Crippen LogP contribution is -2.22. The average molecular weight is 294 g/mol. The Hall–Kier alpha value is -1.63. The summed E-state index contributed by atoms with van der Waals surface area (Å²) in [4.78, 5) is 11.0. The Bertz CT molecular complexity index is 485. The van der Waals surface area contributed by atoms with Crippen LogP contribution in [0.4, 0.5) is 17.6 Å². The van der Waals surface area contributed by atoms with E-state index in [1.165, 1.54) is 0 Å². The van der Waals surface area contributed by atoms with Gasteiger partial charge in [0.2, 0.25) is 0 Å². The van der Waals surface area contributed by atoms with Gasteiger partial charge >= 0.3 is 12.1 Å². The molecule has 7 heteroatoms. The standard InChI is InChI=1S/C13H14F4O3/c1-2-3-10(12(19)20)11(18)7-4-8(13(15,16)17)6-9(14)5-7/h4-6,10-11,18H,2-3H2,1H3,(H,19,20). The second-order valence-corrected chi connectivity index (χ2v) is 4.45. The van der Waals surface area contributed by atoms with E-state index in [4.69, 9.17) is 5.11 Å². The van der Waals surface area contributed by atoms with Crippen LogP contribution in [0.25, 0.3) is 0 Å². The van der Waals surface area contributed by atoms with Crippen LogP contribution in [0.15, 0.2) is 18.2 Å². The third-order valence-corrected chi connectivity index (χ3v) is 2.89. The lowest BCUT2D eigenvalue weighted by molar-refractivity contribution is -0.146. The minimum Gasteiger partial charge on any atom is -0.481 e. The zero-order valence-electron chi connectivity index (χ0n) is 10.6. The predicted molar refractivity (Wildman–Crippen MR) is 62.4 cm³/mol. The molecule has 1 aromatic carbocycles. The highest BCUT2D eigenvalue weighted by Gasteiger charge is 2.34. The summed E-state index contributed by atoms with van der Waals surface area (Å²) in [6, 6.07) is 1.58. The quantitative estimate of drug-likeness (QED) is 0.818. The highest BCUT2D eigenvalue weighted by molar-refractivity contribution is 5.71. The maximum Gasteiger partial charge on any atom is 0.416 e. The molecule has 0 aliphatic heterocycles. The number of hydrogen-bond donors (Lipinski definition) is 2. The Labute approximate surface area is 112 Å². The zero-order chi connectivity index (χ0) is 15.5. The van der Waals surface area contributed by atoms with E-state index in [-0.39, 0.29) is 6.42 Å². The van der Waals surface area contributed by atoms with Crippen LogP contribution in [0.3, 0.4) is 0 Å². The number of carboxylic acid groups (broad SMARTS) is 1. The van der Waals surface area contributed by atoms with Crippen molar-refractivity contribution in [3.63, 3.8) is 0 Å². The first-order valence-corrected chi connectivity index (χ1v) is 5.95. The van der Waals surface area contributed by atoms with Crippen molar-refractivity contribution in [2.45, 2.75) is 32.0 Å². The van der Waals surface area contributed by atoms with Crippen molar-refractivity contribution >= 4 is 5.97 Å². The lowest BCUT2D eigenvalue weighted by Gasteiger charge is -2.20. The number of rotatable bonds is 5. The van der Waals surface area contributed by atoms with E-state index in [2.05, 4.69) is 0 Å². The Morgan fingerprint density at radius 2 is 1.90 bits per heavy atom. The molecule has 1 rings (SSSR count). The topological polar surface area (TPSA) is 57.5 Å². The predicted octanol–water partition coefficient (Wildman–Crippen LogP) is 3.38. The van der Waals surface area contributed by atoms with E-state index in [9.17, 15) is 27.5 Å². The van der Waals surface area contributed by atoms with Gasteiger partial charge in [-0.2, -0.15) is 13.2 Å². The van der Waals surface area contributed by atoms with Crippen molar-refractivity contribution in [3.05, 3.63) is 35.1 Å². The number of halogens is 4. The molecule has 2 atom stereocenters. The molecule has 0 heterocycles. The molecular weight excluding hydrogens is 280 g/mol. The fourth-order valence-electron chi connectivity index (χ4n) is 1.91. The Morgan fingerprint density at radius 1 is 1.30 bits per heavy atom. The van der Waals surface area contributed by atoms with Gasteiger partial charge in [0.05, 0.1) is 17.6 Å². The van der Waals surface area contributed by atoms with E-state index in [0.29, 0.717) is 24.6 Å². The molecule has 0 radical (unpaired) electrons. The van der Waals surface area contributed by atoms with Crippen molar-refractivity contribution in [1.29, 1.82) is 0 Å². The second kappa shape index (κ2) is 6.21. The molecular formula is C13H14F4O3. The highest BCUT2D eigenvalue weighted by Crippen LogP contribution is 2.34. The van der Waals surface area contributed by atoms with Gasteiger partial charge < -0.3 is 10.2 Å². The van der Waals surface area contributed by atoms with Gasteiger partial charge in [-0.3, -0.25) is 4.79 Å². The highest BCUT2D eigenvalue weighted by atomic mass is 19.4. The molecule has 1 aromatic rings. The van der Waals surface area contributed by atoms with E-state index in [0.717, 1.165) is 0 Å². The maximum absolute atomic E-state index is 13.2. The molecule has 2 N–H and O–H groups in total. The number of aliphatic hydroxyl groups is 1. The number of aliphatic hydroxyl groups excluding tert-OH is 1. The molecule has 0 saturated carbocycles. The number of aliphatic carboxylic acids is 1. The van der Waals surface area contributed by atoms with Gasteiger partial charge in [0, 0.05) is 0 Å². The maximum atomic E-state index is 13.2. The van der Waals surface area contributed by atoms with Gasteiger partial charge in [0.15, 0.2) is 0 Å². The molecule has 20 heavy (non-hydrogen) atoms. The Morgan fingerprint density at radius 3 is 2.35 bits per heavy atom. The summed E-state index contributed by atoms with van der Waals surface area (Å²) >= 11 is 0. The zero-order valence-corrected chi connectivity index (χ0v) is 10.6. The van der Waals surface area contributed by atoms with Gasteiger partial charge in [-0.15, -0.1) is 0 Å². The molecule has 0 bridgehead atoms. The second-order valence-electron chi connectivity index (χ2n) is 4.45. The van der Waals surface area contributed by atoms with Crippen LogP contribution >= 0.6 is 0 Å². The van der Waals surface area contributed by atoms with Crippen molar-refractivity contribution in [3.8, 4) is 0 Å². The third-order valence-electron chi connectivity index (χ3n) is 2.89. The molecule has 0 aliphatic rings. The van der Waals surface area contributed by atoms with Gasteiger partial charge in [-0.25, -0.2) is 4.39 Å². The first-order chi connectivity index (χ1) is 9.16. The number of alkyl halides is 3. The van der Waals surface area contributed by atoms with Crippen molar-refractivity contribution in [2.75, 3.05) is 0 Å². The number of hydrogen-bond acceptors (Lipinski definition) is 2. The monoisotopic (exact) mass is 294 g/mol. The molecule has 2 unspecified atom stereocenters. The van der Waals surface area contributed by atoms with E-state index in [1.807, 2.05) is 0 Å². The van der Waals surface area contributed by atoms with E-state index >= 15 is 0 Å². The van der Waals surface area contributed by atoms with Crippen molar-refractivity contribution < 1.29 is 32.6 Å². The number of carbonyl (C=O) groups is 1. The van der Waals surface area contributed by atoms with Crippen LogP contribution in [-0.4, -0.2) is 16.2 Å². The molecule has 0 aromatic heterocycles. The Kier molecular flexibility index (Phi) is 5.10. The summed E-state index contributed by atoms with van der Waals surface area (Å²) in [7, 11) is 0. The van der Waals surface area contributed by atoms with Crippen LogP contribution in [0, 0.1) is 11.7 Å². The van der Waals surface area contributed by atoms with Crippen LogP contribution in [0.5, 0.6) is 0 Å². The summed E-state index contributed by atoms with van der Waals surface area (Å²) in [5.74, 6) is -3.78. The first kappa shape index (κ1) is 16.4. The summed E-state index contributed by atoms with van der Waals surface area (Å²) < 4.78 is 50.9. The van der Waals surface area contributed by atoms with Crippen LogP contribution < -0.4 is 0 Å².